The predicted molar refractivity (Wildman–Crippen MR) is 77.4 cm³/mol. The monoisotopic (exact) mass is 277 g/mol. The van der Waals surface area contributed by atoms with Gasteiger partial charge in [0.25, 0.3) is 0 Å². The molecule has 2 N–H and O–H groups in total. The maximum absolute atomic E-state index is 11.6. The van der Waals surface area contributed by atoms with E-state index in [1.807, 2.05) is 44.2 Å². The molecule has 4 heteroatoms. The first kappa shape index (κ1) is 14.9. The molecule has 1 fully saturated rings. The summed E-state index contributed by atoms with van der Waals surface area (Å²) in [6.45, 7) is 6.06. The van der Waals surface area contributed by atoms with Crippen molar-refractivity contribution in [2.24, 2.45) is 5.41 Å². The molecule has 4 nitrogen and oxygen atoms in total. The summed E-state index contributed by atoms with van der Waals surface area (Å²) in [5, 5.41) is 20.0. The molecule has 1 aromatic carbocycles. The smallest absolute Gasteiger partial charge is 0.407 e. The number of hydrogen-bond donors (Lipinski definition) is 2. The number of amides is 1. The third kappa shape index (κ3) is 2.52. The van der Waals surface area contributed by atoms with Crippen LogP contribution in [0, 0.1) is 5.41 Å². The van der Waals surface area contributed by atoms with Crippen molar-refractivity contribution in [3.05, 3.63) is 35.9 Å². The summed E-state index contributed by atoms with van der Waals surface area (Å²) in [4.78, 5) is 13.1. The molecule has 0 bridgehead atoms. The molecule has 0 aromatic heterocycles. The molecule has 110 valence electrons. The Hall–Kier alpha value is -1.55. The first-order chi connectivity index (χ1) is 9.25. The molecule has 0 saturated heterocycles. The van der Waals surface area contributed by atoms with E-state index < -0.39 is 17.1 Å². The SMILES string of the molecule is CC1(C)[C@H](N(Cc2ccccc2)C(=O)O)CC[C@]1(C)O. The van der Waals surface area contributed by atoms with Crippen molar-refractivity contribution in [1.82, 2.24) is 4.90 Å². The van der Waals surface area contributed by atoms with Crippen LogP contribution < -0.4 is 0 Å². The van der Waals surface area contributed by atoms with Gasteiger partial charge >= 0.3 is 6.09 Å². The first-order valence-corrected chi connectivity index (χ1v) is 7.01. The third-order valence-corrected chi connectivity index (χ3v) is 4.94. The minimum atomic E-state index is -0.926. The maximum atomic E-state index is 11.6. The zero-order valence-electron chi connectivity index (χ0n) is 12.3. The lowest BCUT2D eigenvalue weighted by atomic mass is 9.76. The standard InChI is InChI=1S/C16H23NO3/c1-15(2)13(9-10-16(15,3)20)17(14(18)19)11-12-7-5-4-6-8-12/h4-8,13,20H,9-11H2,1-3H3,(H,18,19)/t13-,16+/m1/s1. The minimum absolute atomic E-state index is 0.171. The number of carboxylic acid groups (broad SMARTS) is 1. The van der Waals surface area contributed by atoms with Crippen molar-refractivity contribution < 1.29 is 15.0 Å². The molecule has 0 aliphatic heterocycles. The van der Waals surface area contributed by atoms with Gasteiger partial charge in [-0.05, 0) is 25.3 Å². The Morgan fingerprint density at radius 3 is 2.35 bits per heavy atom. The zero-order chi connectivity index (χ0) is 15.0. The highest BCUT2D eigenvalue weighted by Crippen LogP contribution is 2.48. The molecule has 0 spiro atoms. The fourth-order valence-electron chi connectivity index (χ4n) is 3.10. The molecular weight excluding hydrogens is 254 g/mol. The molecule has 1 aromatic rings. The van der Waals surface area contributed by atoms with E-state index in [0.717, 1.165) is 5.56 Å². The number of benzene rings is 1. The number of nitrogens with zero attached hydrogens (tertiary/aromatic N) is 1. The van der Waals surface area contributed by atoms with Crippen molar-refractivity contribution in [2.45, 2.75) is 51.8 Å². The van der Waals surface area contributed by atoms with E-state index in [1.165, 1.54) is 4.90 Å². The molecule has 2 rings (SSSR count). The van der Waals surface area contributed by atoms with Gasteiger partial charge in [0.05, 0.1) is 5.60 Å². The van der Waals surface area contributed by atoms with Crippen LogP contribution >= 0.6 is 0 Å². The molecule has 0 radical (unpaired) electrons. The van der Waals surface area contributed by atoms with Crippen molar-refractivity contribution >= 4 is 6.09 Å². The van der Waals surface area contributed by atoms with Gasteiger partial charge in [0.15, 0.2) is 0 Å². The lowest BCUT2D eigenvalue weighted by Crippen LogP contribution is -2.51. The van der Waals surface area contributed by atoms with Gasteiger partial charge < -0.3 is 15.1 Å². The molecule has 1 amide bonds. The van der Waals surface area contributed by atoms with E-state index >= 15 is 0 Å². The van der Waals surface area contributed by atoms with Crippen LogP contribution in [0.3, 0.4) is 0 Å². The summed E-state index contributed by atoms with van der Waals surface area (Å²) < 4.78 is 0. The number of carbonyl (C=O) groups is 1. The maximum Gasteiger partial charge on any atom is 0.407 e. The molecule has 2 atom stereocenters. The zero-order valence-corrected chi connectivity index (χ0v) is 12.3. The van der Waals surface area contributed by atoms with E-state index in [1.54, 1.807) is 6.92 Å². The van der Waals surface area contributed by atoms with Crippen molar-refractivity contribution in [3.8, 4) is 0 Å². The van der Waals surface area contributed by atoms with Gasteiger partial charge in [0.2, 0.25) is 0 Å². The van der Waals surface area contributed by atoms with Crippen LogP contribution in [0.25, 0.3) is 0 Å². The van der Waals surface area contributed by atoms with Crippen LogP contribution in [0.15, 0.2) is 30.3 Å². The van der Waals surface area contributed by atoms with Gasteiger partial charge in [-0.1, -0.05) is 44.2 Å². The van der Waals surface area contributed by atoms with Crippen molar-refractivity contribution in [3.63, 3.8) is 0 Å². The first-order valence-electron chi connectivity index (χ1n) is 7.01. The van der Waals surface area contributed by atoms with E-state index in [2.05, 4.69) is 0 Å². The normalized spacial score (nSPS) is 28.3. The Morgan fingerprint density at radius 2 is 1.90 bits per heavy atom. The topological polar surface area (TPSA) is 60.8 Å². The second-order valence-electron chi connectivity index (χ2n) is 6.45. The van der Waals surface area contributed by atoms with Crippen LogP contribution in [0.1, 0.15) is 39.2 Å². The average Bonchev–Trinajstić information content (AvgIpc) is 2.58. The minimum Gasteiger partial charge on any atom is -0.465 e. The summed E-state index contributed by atoms with van der Waals surface area (Å²) in [6, 6.07) is 9.41. The van der Waals surface area contributed by atoms with E-state index in [9.17, 15) is 15.0 Å². The highest BCUT2D eigenvalue weighted by molar-refractivity contribution is 5.65. The lowest BCUT2D eigenvalue weighted by Gasteiger charge is -2.41. The van der Waals surface area contributed by atoms with E-state index in [-0.39, 0.29) is 6.04 Å². The summed E-state index contributed by atoms with van der Waals surface area (Å²) in [5.74, 6) is 0. The second kappa shape index (κ2) is 5.09. The highest BCUT2D eigenvalue weighted by Gasteiger charge is 2.53. The molecular formula is C16H23NO3. The quantitative estimate of drug-likeness (QED) is 0.892. The van der Waals surface area contributed by atoms with E-state index in [4.69, 9.17) is 0 Å². The fraction of sp³-hybridized carbons (Fsp3) is 0.562. The Labute approximate surface area is 120 Å². The molecule has 1 aliphatic carbocycles. The van der Waals surface area contributed by atoms with Gasteiger partial charge in [0, 0.05) is 18.0 Å². The van der Waals surface area contributed by atoms with Crippen molar-refractivity contribution in [1.29, 1.82) is 0 Å². The Balaban J connectivity index is 2.25. The Bertz CT molecular complexity index is 482. The molecule has 1 aliphatic rings. The summed E-state index contributed by atoms with van der Waals surface area (Å²) >= 11 is 0. The van der Waals surface area contributed by atoms with Crippen LogP contribution in [-0.2, 0) is 6.54 Å². The summed E-state index contributed by atoms with van der Waals surface area (Å²) in [7, 11) is 0. The lowest BCUT2D eigenvalue weighted by molar-refractivity contribution is -0.0516. The summed E-state index contributed by atoms with van der Waals surface area (Å²) in [5.41, 5.74) is -0.320. The van der Waals surface area contributed by atoms with Crippen LogP contribution in [0.4, 0.5) is 4.79 Å². The Kier molecular flexibility index (Phi) is 3.78. The number of hydrogen-bond acceptors (Lipinski definition) is 2. The Morgan fingerprint density at radius 1 is 1.30 bits per heavy atom. The van der Waals surface area contributed by atoms with Crippen molar-refractivity contribution in [2.75, 3.05) is 0 Å². The molecule has 1 saturated carbocycles. The fourth-order valence-corrected chi connectivity index (χ4v) is 3.10. The van der Waals surface area contributed by atoms with Crippen LogP contribution in [0.5, 0.6) is 0 Å². The predicted octanol–water partition coefficient (Wildman–Crippen LogP) is 3.11. The van der Waals surface area contributed by atoms with E-state index in [0.29, 0.717) is 19.4 Å². The third-order valence-electron chi connectivity index (χ3n) is 4.94. The second-order valence-corrected chi connectivity index (χ2v) is 6.45. The van der Waals surface area contributed by atoms with Gasteiger partial charge in [0.1, 0.15) is 0 Å². The summed E-state index contributed by atoms with van der Waals surface area (Å²) in [6.07, 6.45) is 0.396. The van der Waals surface area contributed by atoms with Gasteiger partial charge in [-0.2, -0.15) is 0 Å². The average molecular weight is 277 g/mol. The molecule has 20 heavy (non-hydrogen) atoms. The largest absolute Gasteiger partial charge is 0.465 e. The van der Waals surface area contributed by atoms with Crippen LogP contribution in [0.2, 0.25) is 0 Å². The highest BCUT2D eigenvalue weighted by atomic mass is 16.4. The molecule has 0 heterocycles. The van der Waals surface area contributed by atoms with Gasteiger partial charge in [-0.15, -0.1) is 0 Å². The van der Waals surface area contributed by atoms with Crippen LogP contribution in [-0.4, -0.2) is 32.8 Å². The van der Waals surface area contributed by atoms with Gasteiger partial charge in [-0.3, -0.25) is 0 Å². The number of rotatable bonds is 3. The molecule has 0 unspecified atom stereocenters. The number of aliphatic hydroxyl groups is 1. The van der Waals surface area contributed by atoms with Gasteiger partial charge in [-0.25, -0.2) is 4.79 Å².